The molecule has 2 aliphatic rings. The second-order valence-electron chi connectivity index (χ2n) is 6.09. The van der Waals surface area contributed by atoms with Crippen LogP contribution in [0.1, 0.15) is 43.4 Å². The lowest BCUT2D eigenvalue weighted by atomic mass is 9.89. The second-order valence-corrected chi connectivity index (χ2v) is 6.95. The van der Waals surface area contributed by atoms with Crippen molar-refractivity contribution in [1.82, 2.24) is 4.90 Å². The summed E-state index contributed by atoms with van der Waals surface area (Å²) in [6.45, 7) is 4.58. The summed E-state index contributed by atoms with van der Waals surface area (Å²) in [5.41, 5.74) is 9.12. The molecule has 19 heavy (non-hydrogen) atoms. The van der Waals surface area contributed by atoms with Crippen LogP contribution in [0.15, 0.2) is 22.7 Å². The number of hydrogen-bond acceptors (Lipinski definition) is 2. The van der Waals surface area contributed by atoms with Crippen LogP contribution in [0.4, 0.5) is 0 Å². The molecule has 3 rings (SSSR count). The predicted octanol–water partition coefficient (Wildman–Crippen LogP) is 3.50. The van der Waals surface area contributed by atoms with Gasteiger partial charge in [0, 0.05) is 16.6 Å². The summed E-state index contributed by atoms with van der Waals surface area (Å²) in [6, 6.07) is 7.66. The standard InChI is InChI=1S/C16H23BrN2/c1-11(18)12-7-9-19(10-8-12)16-6-5-13-14(16)3-2-4-15(13)17/h2-4,11-12,16H,5-10,18H2,1H3. The van der Waals surface area contributed by atoms with Crippen molar-refractivity contribution in [1.29, 1.82) is 0 Å². The third-order valence-corrected chi connectivity index (χ3v) is 5.68. The Kier molecular flexibility index (Phi) is 3.97. The van der Waals surface area contributed by atoms with Gasteiger partial charge in [-0.2, -0.15) is 0 Å². The highest BCUT2D eigenvalue weighted by molar-refractivity contribution is 9.10. The van der Waals surface area contributed by atoms with Gasteiger partial charge >= 0.3 is 0 Å². The van der Waals surface area contributed by atoms with Crippen LogP contribution in [-0.2, 0) is 6.42 Å². The first-order valence-corrected chi connectivity index (χ1v) is 8.23. The molecule has 1 aliphatic carbocycles. The lowest BCUT2D eigenvalue weighted by Crippen LogP contribution is -2.40. The zero-order valence-electron chi connectivity index (χ0n) is 11.6. The van der Waals surface area contributed by atoms with Gasteiger partial charge in [0.1, 0.15) is 0 Å². The van der Waals surface area contributed by atoms with Gasteiger partial charge in [-0.3, -0.25) is 4.90 Å². The normalized spacial score (nSPS) is 26.4. The van der Waals surface area contributed by atoms with Crippen LogP contribution in [0, 0.1) is 5.92 Å². The van der Waals surface area contributed by atoms with Crippen molar-refractivity contribution < 1.29 is 0 Å². The van der Waals surface area contributed by atoms with E-state index in [1.54, 1.807) is 5.56 Å². The summed E-state index contributed by atoms with van der Waals surface area (Å²) in [5.74, 6) is 0.722. The van der Waals surface area contributed by atoms with Crippen molar-refractivity contribution in [2.45, 2.75) is 44.7 Å². The fraction of sp³-hybridized carbons (Fsp3) is 0.625. The fourth-order valence-electron chi connectivity index (χ4n) is 3.72. The molecule has 2 atom stereocenters. The molecule has 0 spiro atoms. The molecule has 1 aromatic rings. The third kappa shape index (κ3) is 2.61. The Morgan fingerprint density at radius 3 is 2.68 bits per heavy atom. The van der Waals surface area contributed by atoms with E-state index in [1.165, 1.54) is 48.8 Å². The number of piperidine rings is 1. The molecule has 0 bridgehead atoms. The van der Waals surface area contributed by atoms with Crippen LogP contribution in [0.25, 0.3) is 0 Å². The molecule has 0 saturated carbocycles. The quantitative estimate of drug-likeness (QED) is 0.903. The van der Waals surface area contributed by atoms with Gasteiger partial charge in [0.05, 0.1) is 0 Å². The zero-order chi connectivity index (χ0) is 13.4. The van der Waals surface area contributed by atoms with E-state index in [9.17, 15) is 0 Å². The van der Waals surface area contributed by atoms with Gasteiger partial charge in [-0.1, -0.05) is 28.1 Å². The molecule has 1 heterocycles. The lowest BCUT2D eigenvalue weighted by molar-refractivity contribution is 0.124. The fourth-order valence-corrected chi connectivity index (χ4v) is 4.30. The summed E-state index contributed by atoms with van der Waals surface area (Å²) in [5, 5.41) is 0. The van der Waals surface area contributed by atoms with Crippen LogP contribution in [0.3, 0.4) is 0 Å². The number of nitrogens with zero attached hydrogens (tertiary/aromatic N) is 1. The summed E-state index contributed by atoms with van der Waals surface area (Å²) >= 11 is 3.69. The molecule has 1 saturated heterocycles. The summed E-state index contributed by atoms with van der Waals surface area (Å²) in [4.78, 5) is 2.68. The highest BCUT2D eigenvalue weighted by Gasteiger charge is 2.32. The average molecular weight is 323 g/mol. The number of hydrogen-bond donors (Lipinski definition) is 1. The summed E-state index contributed by atoms with van der Waals surface area (Å²) < 4.78 is 1.29. The molecule has 2 nitrogen and oxygen atoms in total. The zero-order valence-corrected chi connectivity index (χ0v) is 13.2. The van der Waals surface area contributed by atoms with Crippen molar-refractivity contribution in [3.8, 4) is 0 Å². The first-order chi connectivity index (χ1) is 9.16. The smallest absolute Gasteiger partial charge is 0.0354 e. The Bertz CT molecular complexity index is 450. The van der Waals surface area contributed by atoms with E-state index in [0.29, 0.717) is 12.1 Å². The Hall–Kier alpha value is -0.380. The van der Waals surface area contributed by atoms with Gasteiger partial charge in [0.15, 0.2) is 0 Å². The maximum Gasteiger partial charge on any atom is 0.0354 e. The molecule has 1 fully saturated rings. The minimum Gasteiger partial charge on any atom is -0.328 e. The summed E-state index contributed by atoms with van der Waals surface area (Å²) in [7, 11) is 0. The van der Waals surface area contributed by atoms with Gasteiger partial charge in [0.25, 0.3) is 0 Å². The SMILES string of the molecule is CC(N)C1CCN(C2CCc3c(Br)cccc32)CC1. The van der Waals surface area contributed by atoms with E-state index in [2.05, 4.69) is 46.0 Å². The van der Waals surface area contributed by atoms with Gasteiger partial charge in [-0.05, 0) is 68.8 Å². The van der Waals surface area contributed by atoms with Crippen LogP contribution >= 0.6 is 15.9 Å². The number of fused-ring (bicyclic) bond motifs is 1. The van der Waals surface area contributed by atoms with E-state index >= 15 is 0 Å². The van der Waals surface area contributed by atoms with E-state index in [-0.39, 0.29) is 0 Å². The Morgan fingerprint density at radius 2 is 2.00 bits per heavy atom. The topological polar surface area (TPSA) is 29.3 Å². The number of halogens is 1. The van der Waals surface area contributed by atoms with Gasteiger partial charge in [0.2, 0.25) is 0 Å². The van der Waals surface area contributed by atoms with Crippen LogP contribution < -0.4 is 5.73 Å². The molecule has 2 N–H and O–H groups in total. The Morgan fingerprint density at radius 1 is 1.26 bits per heavy atom. The summed E-state index contributed by atoms with van der Waals surface area (Å²) in [6.07, 6.45) is 5.02. The lowest BCUT2D eigenvalue weighted by Gasteiger charge is -2.37. The monoisotopic (exact) mass is 322 g/mol. The van der Waals surface area contributed by atoms with Crippen LogP contribution in [0.5, 0.6) is 0 Å². The van der Waals surface area contributed by atoms with E-state index < -0.39 is 0 Å². The maximum absolute atomic E-state index is 6.04. The molecule has 0 amide bonds. The van der Waals surface area contributed by atoms with Crippen molar-refractivity contribution in [2.24, 2.45) is 11.7 Å². The van der Waals surface area contributed by atoms with Gasteiger partial charge < -0.3 is 5.73 Å². The number of rotatable bonds is 2. The molecular weight excluding hydrogens is 300 g/mol. The predicted molar refractivity (Wildman–Crippen MR) is 83.2 cm³/mol. The molecule has 1 aromatic carbocycles. The second kappa shape index (κ2) is 5.55. The molecule has 0 aromatic heterocycles. The largest absolute Gasteiger partial charge is 0.328 e. The van der Waals surface area contributed by atoms with Crippen molar-refractivity contribution in [3.63, 3.8) is 0 Å². The molecule has 2 unspecified atom stereocenters. The highest BCUT2D eigenvalue weighted by atomic mass is 79.9. The third-order valence-electron chi connectivity index (χ3n) is 4.94. The van der Waals surface area contributed by atoms with E-state index in [4.69, 9.17) is 5.73 Å². The van der Waals surface area contributed by atoms with Crippen molar-refractivity contribution in [2.75, 3.05) is 13.1 Å². The Balaban J connectivity index is 1.72. The molecular formula is C16H23BrN2. The molecule has 104 valence electrons. The van der Waals surface area contributed by atoms with Crippen LogP contribution in [0.2, 0.25) is 0 Å². The number of benzene rings is 1. The minimum absolute atomic E-state index is 0.354. The molecule has 1 aliphatic heterocycles. The van der Waals surface area contributed by atoms with E-state index in [1.807, 2.05) is 0 Å². The number of nitrogens with two attached hydrogens (primary N) is 1. The molecule has 0 radical (unpaired) electrons. The number of likely N-dealkylation sites (tertiary alicyclic amines) is 1. The first kappa shape index (κ1) is 13.6. The maximum atomic E-state index is 6.04. The van der Waals surface area contributed by atoms with Crippen molar-refractivity contribution >= 4 is 15.9 Å². The van der Waals surface area contributed by atoms with Crippen molar-refractivity contribution in [3.05, 3.63) is 33.8 Å². The van der Waals surface area contributed by atoms with Gasteiger partial charge in [-0.25, -0.2) is 0 Å². The van der Waals surface area contributed by atoms with Crippen LogP contribution in [-0.4, -0.2) is 24.0 Å². The highest BCUT2D eigenvalue weighted by Crippen LogP contribution is 2.40. The van der Waals surface area contributed by atoms with Gasteiger partial charge in [-0.15, -0.1) is 0 Å². The van der Waals surface area contributed by atoms with E-state index in [0.717, 1.165) is 5.92 Å². The minimum atomic E-state index is 0.354. The molecule has 3 heteroatoms. The Labute approximate surface area is 124 Å². The average Bonchev–Trinajstić information content (AvgIpc) is 2.84. The first-order valence-electron chi connectivity index (χ1n) is 7.43.